The molecule has 0 aromatic carbocycles. The molecule has 1 aliphatic rings. The van der Waals surface area contributed by atoms with Crippen LogP contribution in [0, 0.1) is 11.3 Å². The van der Waals surface area contributed by atoms with Crippen molar-refractivity contribution in [3.63, 3.8) is 0 Å². The normalized spacial score (nSPS) is 24.6. The van der Waals surface area contributed by atoms with E-state index in [9.17, 15) is 5.11 Å². The lowest BCUT2D eigenvalue weighted by Gasteiger charge is -2.34. The van der Waals surface area contributed by atoms with E-state index in [1.165, 1.54) is 38.5 Å². The first-order valence-electron chi connectivity index (χ1n) is 6.23. The van der Waals surface area contributed by atoms with Gasteiger partial charge in [-0.1, -0.05) is 46.5 Å². The maximum absolute atomic E-state index is 10.2. The predicted molar refractivity (Wildman–Crippen MR) is 61.3 cm³/mol. The zero-order valence-corrected chi connectivity index (χ0v) is 10.1. The van der Waals surface area contributed by atoms with Crippen LogP contribution in [0.1, 0.15) is 65.7 Å². The van der Waals surface area contributed by atoms with E-state index < -0.39 is 0 Å². The lowest BCUT2D eigenvalue weighted by molar-refractivity contribution is 0.0108. The molecule has 1 rings (SSSR count). The largest absolute Gasteiger partial charge is 0.393 e. The van der Waals surface area contributed by atoms with Crippen LogP contribution in [0.5, 0.6) is 0 Å². The van der Waals surface area contributed by atoms with Gasteiger partial charge in [-0.15, -0.1) is 0 Å². The average molecular weight is 198 g/mol. The summed E-state index contributed by atoms with van der Waals surface area (Å²) in [5.41, 5.74) is 0.209. The van der Waals surface area contributed by atoms with Gasteiger partial charge in [-0.05, 0) is 30.6 Å². The van der Waals surface area contributed by atoms with Crippen molar-refractivity contribution in [2.45, 2.75) is 71.8 Å². The summed E-state index contributed by atoms with van der Waals surface area (Å²) in [6.45, 7) is 6.68. The van der Waals surface area contributed by atoms with Crippen molar-refractivity contribution in [1.29, 1.82) is 0 Å². The van der Waals surface area contributed by atoms with Crippen molar-refractivity contribution < 1.29 is 5.11 Å². The van der Waals surface area contributed by atoms with Crippen molar-refractivity contribution in [2.75, 3.05) is 0 Å². The number of hydrogen-bond donors (Lipinski definition) is 1. The molecular weight excluding hydrogens is 172 g/mol. The highest BCUT2D eigenvalue weighted by Gasteiger charge is 2.33. The highest BCUT2D eigenvalue weighted by Crippen LogP contribution is 2.39. The quantitative estimate of drug-likeness (QED) is 0.685. The fourth-order valence-electron chi connectivity index (χ4n) is 2.60. The molecule has 1 heteroatoms. The Morgan fingerprint density at radius 3 is 2.00 bits per heavy atom. The molecule has 0 aromatic heterocycles. The van der Waals surface area contributed by atoms with Gasteiger partial charge < -0.3 is 5.11 Å². The van der Waals surface area contributed by atoms with Gasteiger partial charge in [0.2, 0.25) is 0 Å². The van der Waals surface area contributed by atoms with Gasteiger partial charge in [-0.25, -0.2) is 0 Å². The van der Waals surface area contributed by atoms with Gasteiger partial charge in [0, 0.05) is 0 Å². The van der Waals surface area contributed by atoms with Gasteiger partial charge in [0.1, 0.15) is 0 Å². The summed E-state index contributed by atoms with van der Waals surface area (Å²) in [7, 11) is 0. The summed E-state index contributed by atoms with van der Waals surface area (Å²) >= 11 is 0. The van der Waals surface area contributed by atoms with Gasteiger partial charge in [0.05, 0.1) is 6.10 Å². The number of aliphatic hydroxyl groups is 1. The minimum absolute atomic E-state index is 0.0828. The fourth-order valence-corrected chi connectivity index (χ4v) is 2.60. The van der Waals surface area contributed by atoms with E-state index >= 15 is 0 Å². The molecule has 1 N–H and O–H groups in total. The van der Waals surface area contributed by atoms with E-state index in [0.717, 1.165) is 6.42 Å². The molecule has 1 saturated carbocycles. The van der Waals surface area contributed by atoms with Gasteiger partial charge in [0.15, 0.2) is 0 Å². The topological polar surface area (TPSA) is 20.2 Å². The molecule has 0 aliphatic heterocycles. The first-order chi connectivity index (χ1) is 6.54. The zero-order chi connectivity index (χ0) is 10.6. The highest BCUT2D eigenvalue weighted by molar-refractivity contribution is 4.84. The second-order valence-corrected chi connectivity index (χ2v) is 5.71. The van der Waals surface area contributed by atoms with Crippen LogP contribution in [0.2, 0.25) is 0 Å². The van der Waals surface area contributed by atoms with Gasteiger partial charge in [-0.2, -0.15) is 0 Å². The molecule has 0 bridgehead atoms. The third-order valence-electron chi connectivity index (χ3n) is 3.74. The summed E-state index contributed by atoms with van der Waals surface area (Å²) in [4.78, 5) is 0. The van der Waals surface area contributed by atoms with E-state index in [2.05, 4.69) is 20.8 Å². The molecule has 1 unspecified atom stereocenters. The van der Waals surface area contributed by atoms with Crippen LogP contribution in [0.25, 0.3) is 0 Å². The van der Waals surface area contributed by atoms with E-state index in [-0.39, 0.29) is 11.5 Å². The SMILES string of the molecule is CC(C)CC(O)C1(C)CCCCCC1. The first kappa shape index (κ1) is 12.0. The minimum atomic E-state index is -0.0828. The van der Waals surface area contributed by atoms with Crippen LogP contribution < -0.4 is 0 Å². The molecule has 0 aromatic rings. The summed E-state index contributed by atoms with van der Waals surface area (Å²) in [6, 6.07) is 0. The zero-order valence-electron chi connectivity index (χ0n) is 10.1. The Labute approximate surface area is 88.9 Å². The Bertz CT molecular complexity index is 155. The number of aliphatic hydroxyl groups excluding tert-OH is 1. The molecule has 1 aliphatic carbocycles. The molecule has 1 nitrogen and oxygen atoms in total. The van der Waals surface area contributed by atoms with Gasteiger partial charge in [0.25, 0.3) is 0 Å². The smallest absolute Gasteiger partial charge is 0.0596 e. The summed E-state index contributed by atoms with van der Waals surface area (Å²) < 4.78 is 0. The van der Waals surface area contributed by atoms with Crippen LogP contribution in [0.15, 0.2) is 0 Å². The van der Waals surface area contributed by atoms with Crippen molar-refractivity contribution >= 4 is 0 Å². The van der Waals surface area contributed by atoms with Crippen LogP contribution in [-0.2, 0) is 0 Å². The molecule has 0 heterocycles. The van der Waals surface area contributed by atoms with E-state index in [1.807, 2.05) is 0 Å². The molecular formula is C13H26O. The van der Waals surface area contributed by atoms with Gasteiger partial charge in [-0.3, -0.25) is 0 Å². The van der Waals surface area contributed by atoms with Crippen LogP contribution in [0.3, 0.4) is 0 Å². The van der Waals surface area contributed by atoms with Crippen molar-refractivity contribution in [1.82, 2.24) is 0 Å². The Hall–Kier alpha value is -0.0400. The van der Waals surface area contributed by atoms with E-state index in [0.29, 0.717) is 5.92 Å². The summed E-state index contributed by atoms with van der Waals surface area (Å²) in [6.07, 6.45) is 8.68. The average Bonchev–Trinajstić information content (AvgIpc) is 2.30. The summed E-state index contributed by atoms with van der Waals surface area (Å²) in [5, 5.41) is 10.2. The molecule has 84 valence electrons. The van der Waals surface area contributed by atoms with Crippen LogP contribution >= 0.6 is 0 Å². The van der Waals surface area contributed by atoms with E-state index in [1.54, 1.807) is 0 Å². The van der Waals surface area contributed by atoms with Gasteiger partial charge >= 0.3 is 0 Å². The molecule has 0 radical (unpaired) electrons. The van der Waals surface area contributed by atoms with Crippen molar-refractivity contribution in [2.24, 2.45) is 11.3 Å². The maximum Gasteiger partial charge on any atom is 0.0596 e. The monoisotopic (exact) mass is 198 g/mol. The third kappa shape index (κ3) is 3.27. The molecule has 0 amide bonds. The number of rotatable bonds is 3. The maximum atomic E-state index is 10.2. The Kier molecular flexibility index (Phi) is 4.43. The lowest BCUT2D eigenvalue weighted by Crippen LogP contribution is -2.32. The molecule has 1 atom stereocenters. The predicted octanol–water partition coefficient (Wildman–Crippen LogP) is 3.75. The fraction of sp³-hybridized carbons (Fsp3) is 1.00. The summed E-state index contributed by atoms with van der Waals surface area (Å²) in [5.74, 6) is 0.616. The highest BCUT2D eigenvalue weighted by atomic mass is 16.3. The number of hydrogen-bond acceptors (Lipinski definition) is 1. The first-order valence-corrected chi connectivity index (χ1v) is 6.23. The second-order valence-electron chi connectivity index (χ2n) is 5.71. The standard InChI is InChI=1S/C13H26O/c1-11(2)10-12(14)13(3)8-6-4-5-7-9-13/h11-12,14H,4-10H2,1-3H3. The third-order valence-corrected chi connectivity index (χ3v) is 3.74. The molecule has 0 saturated heterocycles. The molecule has 1 fully saturated rings. The van der Waals surface area contributed by atoms with E-state index in [4.69, 9.17) is 0 Å². The Morgan fingerprint density at radius 1 is 1.07 bits per heavy atom. The Morgan fingerprint density at radius 2 is 1.57 bits per heavy atom. The molecule has 14 heavy (non-hydrogen) atoms. The van der Waals surface area contributed by atoms with Crippen molar-refractivity contribution in [3.8, 4) is 0 Å². The lowest BCUT2D eigenvalue weighted by atomic mass is 9.75. The van der Waals surface area contributed by atoms with Crippen LogP contribution in [-0.4, -0.2) is 11.2 Å². The minimum Gasteiger partial charge on any atom is -0.393 e. The Balaban J connectivity index is 2.51. The molecule has 0 spiro atoms. The van der Waals surface area contributed by atoms with Crippen molar-refractivity contribution in [3.05, 3.63) is 0 Å². The van der Waals surface area contributed by atoms with Crippen LogP contribution in [0.4, 0.5) is 0 Å². The second kappa shape index (κ2) is 5.16.